The minimum Gasteiger partial charge on any atom is -0.503 e. The van der Waals surface area contributed by atoms with Gasteiger partial charge in [0.25, 0.3) is 5.91 Å². The van der Waals surface area contributed by atoms with Gasteiger partial charge in [-0.25, -0.2) is 4.98 Å². The fraction of sp³-hybridized carbons (Fsp3) is 0.174. The van der Waals surface area contributed by atoms with Gasteiger partial charge < -0.3 is 9.84 Å². The van der Waals surface area contributed by atoms with Crippen molar-refractivity contribution < 1.29 is 19.4 Å². The first-order valence-electron chi connectivity index (χ1n) is 9.46. The number of hydrogen-bond donors (Lipinski definition) is 1. The van der Waals surface area contributed by atoms with Crippen LogP contribution in [-0.2, 0) is 4.79 Å². The molecule has 4 rings (SSSR count). The minimum absolute atomic E-state index is 0.0306. The van der Waals surface area contributed by atoms with Crippen molar-refractivity contribution in [1.82, 2.24) is 4.98 Å². The molecule has 1 aliphatic rings. The molecule has 0 radical (unpaired) electrons. The number of ether oxygens (including phenoxy) is 1. The average Bonchev–Trinajstić information content (AvgIpc) is 3.23. The van der Waals surface area contributed by atoms with E-state index in [4.69, 9.17) is 4.74 Å². The Morgan fingerprint density at radius 1 is 1.13 bits per heavy atom. The van der Waals surface area contributed by atoms with E-state index in [1.807, 2.05) is 38.1 Å². The Morgan fingerprint density at radius 3 is 2.32 bits per heavy atom. The van der Waals surface area contributed by atoms with Crippen molar-refractivity contribution in [3.63, 3.8) is 0 Å². The van der Waals surface area contributed by atoms with Crippen LogP contribution >= 0.6 is 27.3 Å². The van der Waals surface area contributed by atoms with Crippen molar-refractivity contribution in [3.8, 4) is 5.75 Å². The number of amides is 1. The number of benzene rings is 2. The Balaban J connectivity index is 1.85. The topological polar surface area (TPSA) is 79.7 Å². The van der Waals surface area contributed by atoms with Crippen LogP contribution < -0.4 is 9.64 Å². The molecule has 1 N–H and O–H groups in total. The quantitative estimate of drug-likeness (QED) is 0.481. The van der Waals surface area contributed by atoms with Gasteiger partial charge in [0, 0.05) is 14.9 Å². The lowest BCUT2D eigenvalue weighted by molar-refractivity contribution is -0.117. The third-order valence-corrected chi connectivity index (χ3v) is 6.81. The molecule has 1 unspecified atom stereocenters. The number of aliphatic hydroxyl groups excluding tert-OH is 1. The Labute approximate surface area is 191 Å². The molecule has 31 heavy (non-hydrogen) atoms. The van der Waals surface area contributed by atoms with Crippen LogP contribution in [0.5, 0.6) is 5.75 Å². The van der Waals surface area contributed by atoms with Crippen molar-refractivity contribution in [2.45, 2.75) is 19.9 Å². The number of anilines is 1. The molecule has 2 aromatic carbocycles. The summed E-state index contributed by atoms with van der Waals surface area (Å²) in [5, 5.41) is 11.2. The average molecular weight is 499 g/mol. The van der Waals surface area contributed by atoms with E-state index in [-0.39, 0.29) is 5.57 Å². The number of halogens is 1. The number of thiazole rings is 1. The molecule has 0 saturated heterocycles. The normalized spacial score (nSPS) is 16.2. The summed E-state index contributed by atoms with van der Waals surface area (Å²) < 4.78 is 6.02. The molecule has 1 aliphatic heterocycles. The fourth-order valence-electron chi connectivity index (χ4n) is 3.45. The zero-order chi connectivity index (χ0) is 22.3. The molecule has 1 aromatic heterocycles. The number of carbonyl (C=O) groups is 2. The van der Waals surface area contributed by atoms with Gasteiger partial charge in [0.15, 0.2) is 16.7 Å². The Morgan fingerprint density at radius 2 is 1.77 bits per heavy atom. The molecule has 8 heteroatoms. The van der Waals surface area contributed by atoms with Crippen molar-refractivity contribution >= 4 is 44.1 Å². The molecule has 0 spiro atoms. The molecule has 0 fully saturated rings. The van der Waals surface area contributed by atoms with Crippen LogP contribution in [0.1, 0.15) is 32.5 Å². The Hall–Kier alpha value is -2.97. The van der Waals surface area contributed by atoms with Crippen molar-refractivity contribution in [3.05, 3.63) is 86.0 Å². The van der Waals surface area contributed by atoms with E-state index >= 15 is 0 Å². The zero-order valence-corrected chi connectivity index (χ0v) is 19.5. The molecular weight excluding hydrogens is 480 g/mol. The fourth-order valence-corrected chi connectivity index (χ4v) is 4.65. The number of methoxy groups -OCH3 is 1. The lowest BCUT2D eigenvalue weighted by Crippen LogP contribution is -2.31. The van der Waals surface area contributed by atoms with Crippen molar-refractivity contribution in [2.24, 2.45) is 0 Å². The highest BCUT2D eigenvalue weighted by Crippen LogP contribution is 2.43. The van der Waals surface area contributed by atoms with E-state index in [9.17, 15) is 14.7 Å². The van der Waals surface area contributed by atoms with Crippen molar-refractivity contribution in [2.75, 3.05) is 12.0 Å². The molecular formula is C23H19BrN2O4S. The van der Waals surface area contributed by atoms with Crippen LogP contribution in [0.15, 0.2) is 64.3 Å². The second-order valence-corrected chi connectivity index (χ2v) is 9.18. The van der Waals surface area contributed by atoms with E-state index in [0.29, 0.717) is 22.0 Å². The molecule has 2 heterocycles. The largest absolute Gasteiger partial charge is 0.503 e. The molecule has 1 atom stereocenters. The predicted octanol–water partition coefficient (Wildman–Crippen LogP) is 5.31. The summed E-state index contributed by atoms with van der Waals surface area (Å²) in [6.07, 6.45) is 0. The van der Waals surface area contributed by atoms with Gasteiger partial charge in [0.2, 0.25) is 0 Å². The second-order valence-electron chi connectivity index (χ2n) is 7.09. The van der Waals surface area contributed by atoms with E-state index < -0.39 is 23.5 Å². The highest BCUT2D eigenvalue weighted by Gasteiger charge is 2.45. The summed E-state index contributed by atoms with van der Waals surface area (Å²) in [5.74, 6) is -1.01. The van der Waals surface area contributed by atoms with Crippen LogP contribution in [0.3, 0.4) is 0 Å². The number of hydrogen-bond acceptors (Lipinski definition) is 6. The molecule has 1 amide bonds. The molecule has 158 valence electrons. The van der Waals surface area contributed by atoms with E-state index in [1.165, 1.54) is 16.2 Å². The van der Waals surface area contributed by atoms with Gasteiger partial charge in [-0.05, 0) is 55.8 Å². The van der Waals surface area contributed by atoms with Gasteiger partial charge in [-0.1, -0.05) is 28.1 Å². The minimum atomic E-state index is -0.792. The number of carbonyl (C=O) groups excluding carboxylic acids is 2. The lowest BCUT2D eigenvalue weighted by atomic mass is 9.93. The van der Waals surface area contributed by atoms with Crippen LogP contribution in [-0.4, -0.2) is 28.9 Å². The summed E-state index contributed by atoms with van der Waals surface area (Å²) in [6.45, 7) is 3.78. The third-order valence-electron chi connectivity index (χ3n) is 5.21. The standard InChI is InChI=1S/C23H19BrN2O4S/c1-12-13(2)31-23(25-12)26-19(14-4-8-16(24)9-5-14)18(21(28)22(26)29)20(27)15-6-10-17(30-3)11-7-15/h4-11,19,28H,1-3H3. The Bertz CT molecular complexity index is 1180. The highest BCUT2D eigenvalue weighted by molar-refractivity contribution is 9.10. The van der Waals surface area contributed by atoms with Crippen LogP contribution in [0, 0.1) is 13.8 Å². The van der Waals surface area contributed by atoms with E-state index in [1.54, 1.807) is 31.4 Å². The number of rotatable bonds is 5. The maximum atomic E-state index is 13.4. The zero-order valence-electron chi connectivity index (χ0n) is 17.0. The smallest absolute Gasteiger partial charge is 0.296 e. The van der Waals surface area contributed by atoms with Gasteiger partial charge >= 0.3 is 0 Å². The number of aryl methyl sites for hydroxylation is 2. The molecule has 0 aliphatic carbocycles. The molecule has 6 nitrogen and oxygen atoms in total. The van der Waals surface area contributed by atoms with Crippen molar-refractivity contribution in [1.29, 1.82) is 0 Å². The number of ketones is 1. The van der Waals surface area contributed by atoms with Crippen LogP contribution in [0.4, 0.5) is 5.13 Å². The first-order valence-corrected chi connectivity index (χ1v) is 11.1. The van der Waals surface area contributed by atoms with Gasteiger partial charge in [0.1, 0.15) is 5.75 Å². The van der Waals surface area contributed by atoms with Gasteiger partial charge in [-0.15, -0.1) is 11.3 Å². The predicted molar refractivity (Wildman–Crippen MR) is 123 cm³/mol. The SMILES string of the molecule is COc1ccc(C(=O)C2=C(O)C(=O)N(c3nc(C)c(C)s3)C2c2ccc(Br)cc2)cc1. The highest BCUT2D eigenvalue weighted by atomic mass is 79.9. The maximum Gasteiger partial charge on any atom is 0.296 e. The van der Waals surface area contributed by atoms with Crippen LogP contribution in [0.2, 0.25) is 0 Å². The van der Waals surface area contributed by atoms with Crippen LogP contribution in [0.25, 0.3) is 0 Å². The maximum absolute atomic E-state index is 13.4. The summed E-state index contributed by atoms with van der Waals surface area (Å²) in [7, 11) is 1.54. The summed E-state index contributed by atoms with van der Waals surface area (Å²) >= 11 is 4.77. The summed E-state index contributed by atoms with van der Waals surface area (Å²) in [4.78, 5) is 33.4. The summed E-state index contributed by atoms with van der Waals surface area (Å²) in [5.41, 5.74) is 1.88. The first kappa shape index (κ1) is 21.3. The summed E-state index contributed by atoms with van der Waals surface area (Å²) in [6, 6.07) is 13.1. The van der Waals surface area contributed by atoms with E-state index in [0.717, 1.165) is 15.0 Å². The van der Waals surface area contributed by atoms with Gasteiger partial charge in [-0.3, -0.25) is 14.5 Å². The number of nitrogens with zero attached hydrogens (tertiary/aromatic N) is 2. The molecule has 0 bridgehead atoms. The third kappa shape index (κ3) is 3.77. The first-order chi connectivity index (χ1) is 14.8. The Kier molecular flexibility index (Phi) is 5.68. The number of aromatic nitrogens is 1. The number of aliphatic hydroxyl groups is 1. The molecule has 3 aromatic rings. The van der Waals surface area contributed by atoms with Gasteiger partial charge in [0.05, 0.1) is 24.4 Å². The monoisotopic (exact) mass is 498 g/mol. The van der Waals surface area contributed by atoms with E-state index in [2.05, 4.69) is 20.9 Å². The molecule has 0 saturated carbocycles. The van der Waals surface area contributed by atoms with Gasteiger partial charge in [-0.2, -0.15) is 0 Å². The number of Topliss-reactive ketones (excluding diaryl/α,β-unsaturated/α-hetero) is 1. The second kappa shape index (κ2) is 8.28. The lowest BCUT2D eigenvalue weighted by Gasteiger charge is -2.24.